The van der Waals surface area contributed by atoms with E-state index in [9.17, 15) is 0 Å². The fourth-order valence-corrected chi connectivity index (χ4v) is 3.17. The van der Waals surface area contributed by atoms with Crippen molar-refractivity contribution in [1.29, 1.82) is 0 Å². The van der Waals surface area contributed by atoms with Gasteiger partial charge in [0.1, 0.15) is 0 Å². The molecule has 1 N–H and O–H groups in total. The van der Waals surface area contributed by atoms with Crippen LogP contribution in [-0.4, -0.2) is 15.8 Å². The molecule has 2 rings (SSSR count). The number of hydrogen-bond acceptors (Lipinski definition) is 2. The van der Waals surface area contributed by atoms with Gasteiger partial charge in [-0.25, -0.2) is 0 Å². The summed E-state index contributed by atoms with van der Waals surface area (Å²) in [6, 6.07) is 2.77. The number of rotatable bonds is 6. The number of aryl methyl sites for hydroxylation is 1. The molecule has 0 radical (unpaired) electrons. The molecule has 3 nitrogen and oxygen atoms in total. The van der Waals surface area contributed by atoms with Crippen LogP contribution in [0.5, 0.6) is 0 Å². The van der Waals surface area contributed by atoms with Crippen molar-refractivity contribution in [2.45, 2.75) is 77.9 Å². The molecule has 0 saturated heterocycles. The van der Waals surface area contributed by atoms with Gasteiger partial charge in [0, 0.05) is 25.3 Å². The first-order chi connectivity index (χ1) is 9.31. The van der Waals surface area contributed by atoms with Crippen LogP contribution in [0.4, 0.5) is 0 Å². The van der Waals surface area contributed by atoms with E-state index in [1.165, 1.54) is 44.2 Å². The van der Waals surface area contributed by atoms with Gasteiger partial charge in [0.25, 0.3) is 0 Å². The van der Waals surface area contributed by atoms with Gasteiger partial charge in [-0.05, 0) is 38.2 Å². The molecule has 0 aromatic carbocycles. The van der Waals surface area contributed by atoms with Crippen LogP contribution >= 0.6 is 0 Å². The van der Waals surface area contributed by atoms with Crippen molar-refractivity contribution in [3.63, 3.8) is 0 Å². The van der Waals surface area contributed by atoms with Crippen LogP contribution in [0.25, 0.3) is 0 Å². The third-order valence-electron chi connectivity index (χ3n) is 4.45. The van der Waals surface area contributed by atoms with Gasteiger partial charge in [-0.3, -0.25) is 4.68 Å². The lowest BCUT2D eigenvalue weighted by atomic mass is 9.93. The van der Waals surface area contributed by atoms with Crippen molar-refractivity contribution in [2.24, 2.45) is 5.92 Å². The molecule has 1 aliphatic rings. The number of nitrogens with zero attached hydrogens (tertiary/aromatic N) is 2. The summed E-state index contributed by atoms with van der Waals surface area (Å²) in [6.45, 7) is 6.54. The first kappa shape index (κ1) is 14.6. The molecule has 1 aliphatic carbocycles. The van der Waals surface area contributed by atoms with Crippen LogP contribution in [0.2, 0.25) is 0 Å². The van der Waals surface area contributed by atoms with E-state index in [2.05, 4.69) is 35.0 Å². The predicted molar refractivity (Wildman–Crippen MR) is 80.0 cm³/mol. The highest BCUT2D eigenvalue weighted by molar-refractivity contribution is 5.00. The summed E-state index contributed by atoms with van der Waals surface area (Å²) in [5, 5.41) is 8.11. The Balaban J connectivity index is 1.81. The Hall–Kier alpha value is -0.830. The summed E-state index contributed by atoms with van der Waals surface area (Å²) < 4.78 is 2.13. The molecule has 1 aromatic heterocycles. The Morgan fingerprint density at radius 3 is 2.74 bits per heavy atom. The zero-order valence-electron chi connectivity index (χ0n) is 12.6. The maximum Gasteiger partial charge on any atom is 0.0522 e. The van der Waals surface area contributed by atoms with Crippen LogP contribution < -0.4 is 5.32 Å². The topological polar surface area (TPSA) is 29.9 Å². The van der Waals surface area contributed by atoms with Gasteiger partial charge in [-0.15, -0.1) is 0 Å². The first-order valence-corrected chi connectivity index (χ1v) is 8.05. The lowest BCUT2D eigenvalue weighted by Gasteiger charge is -2.23. The Bertz CT molecular complexity index is 351. The van der Waals surface area contributed by atoms with Gasteiger partial charge in [-0.1, -0.05) is 32.6 Å². The smallest absolute Gasteiger partial charge is 0.0522 e. The molecular weight excluding hydrogens is 234 g/mol. The van der Waals surface area contributed by atoms with Gasteiger partial charge in [0.2, 0.25) is 0 Å². The molecule has 0 bridgehead atoms. The highest BCUT2D eigenvalue weighted by Gasteiger charge is 2.18. The summed E-state index contributed by atoms with van der Waals surface area (Å²) in [5.74, 6) is 0.866. The van der Waals surface area contributed by atoms with Crippen LogP contribution in [0.3, 0.4) is 0 Å². The Kier molecular flexibility index (Phi) is 5.90. The van der Waals surface area contributed by atoms with Crippen molar-refractivity contribution < 1.29 is 0 Å². The van der Waals surface area contributed by atoms with Crippen LogP contribution in [0, 0.1) is 5.92 Å². The Morgan fingerprint density at radius 1 is 1.32 bits per heavy atom. The highest BCUT2D eigenvalue weighted by Crippen LogP contribution is 2.25. The number of aromatic nitrogens is 2. The SMILES string of the molecule is CCCn1nccc1CN[C@H](C)C1CCCCCC1. The molecule has 1 fully saturated rings. The molecule has 1 atom stereocenters. The monoisotopic (exact) mass is 263 g/mol. The Labute approximate surface area is 117 Å². The molecule has 1 heterocycles. The molecule has 1 saturated carbocycles. The van der Waals surface area contributed by atoms with Gasteiger partial charge in [0.15, 0.2) is 0 Å². The summed E-state index contributed by atoms with van der Waals surface area (Å²) in [5.41, 5.74) is 1.32. The summed E-state index contributed by atoms with van der Waals surface area (Å²) in [4.78, 5) is 0. The minimum atomic E-state index is 0.628. The van der Waals surface area contributed by atoms with E-state index in [1.54, 1.807) is 0 Å². The summed E-state index contributed by atoms with van der Waals surface area (Å²) in [7, 11) is 0. The lowest BCUT2D eigenvalue weighted by molar-refractivity contribution is 0.333. The molecule has 0 aliphatic heterocycles. The molecular formula is C16H29N3. The molecule has 3 heteroatoms. The van der Waals surface area contributed by atoms with Gasteiger partial charge in [0.05, 0.1) is 5.69 Å². The van der Waals surface area contributed by atoms with Crippen molar-refractivity contribution in [1.82, 2.24) is 15.1 Å². The second kappa shape index (κ2) is 7.68. The summed E-state index contributed by atoms with van der Waals surface area (Å²) >= 11 is 0. The average molecular weight is 263 g/mol. The van der Waals surface area contributed by atoms with Crippen LogP contribution in [0.15, 0.2) is 12.3 Å². The minimum absolute atomic E-state index is 0.628. The maximum atomic E-state index is 4.39. The van der Waals surface area contributed by atoms with Gasteiger partial charge >= 0.3 is 0 Å². The minimum Gasteiger partial charge on any atom is -0.308 e. The molecule has 0 unspecified atom stereocenters. The van der Waals surface area contributed by atoms with Gasteiger partial charge in [-0.2, -0.15) is 5.10 Å². The zero-order valence-corrected chi connectivity index (χ0v) is 12.6. The van der Waals surface area contributed by atoms with E-state index in [0.29, 0.717) is 6.04 Å². The third-order valence-corrected chi connectivity index (χ3v) is 4.45. The molecule has 108 valence electrons. The van der Waals surface area contributed by atoms with E-state index >= 15 is 0 Å². The van der Waals surface area contributed by atoms with Crippen molar-refractivity contribution >= 4 is 0 Å². The van der Waals surface area contributed by atoms with E-state index in [-0.39, 0.29) is 0 Å². The zero-order chi connectivity index (χ0) is 13.5. The fraction of sp³-hybridized carbons (Fsp3) is 0.812. The number of nitrogens with one attached hydrogen (secondary N) is 1. The van der Waals surface area contributed by atoms with Crippen molar-refractivity contribution in [3.8, 4) is 0 Å². The summed E-state index contributed by atoms with van der Waals surface area (Å²) in [6.07, 6.45) is 11.6. The second-order valence-corrected chi connectivity index (χ2v) is 5.97. The predicted octanol–water partition coefficient (Wildman–Crippen LogP) is 3.74. The maximum absolute atomic E-state index is 4.39. The standard InChI is InChI=1S/C16H29N3/c1-3-12-19-16(10-11-18-19)13-17-14(2)15-8-6-4-5-7-9-15/h10-11,14-15,17H,3-9,12-13H2,1-2H3/t14-/m1/s1. The van der Waals surface area contributed by atoms with Crippen molar-refractivity contribution in [3.05, 3.63) is 18.0 Å². The van der Waals surface area contributed by atoms with Gasteiger partial charge < -0.3 is 5.32 Å². The average Bonchev–Trinajstić information content (AvgIpc) is 2.68. The van der Waals surface area contributed by atoms with Crippen LogP contribution in [-0.2, 0) is 13.1 Å². The van der Waals surface area contributed by atoms with Crippen molar-refractivity contribution in [2.75, 3.05) is 0 Å². The second-order valence-electron chi connectivity index (χ2n) is 5.97. The molecule has 19 heavy (non-hydrogen) atoms. The molecule has 0 amide bonds. The van der Waals surface area contributed by atoms with E-state index in [1.807, 2.05) is 6.20 Å². The number of hydrogen-bond donors (Lipinski definition) is 1. The molecule has 1 aromatic rings. The first-order valence-electron chi connectivity index (χ1n) is 8.05. The molecule has 0 spiro atoms. The Morgan fingerprint density at radius 2 is 2.05 bits per heavy atom. The normalized spacial score (nSPS) is 19.3. The van der Waals surface area contributed by atoms with E-state index < -0.39 is 0 Å². The highest BCUT2D eigenvalue weighted by atomic mass is 15.3. The van der Waals surface area contributed by atoms with E-state index in [0.717, 1.165) is 25.4 Å². The lowest BCUT2D eigenvalue weighted by Crippen LogP contribution is -2.33. The van der Waals surface area contributed by atoms with E-state index in [4.69, 9.17) is 0 Å². The largest absolute Gasteiger partial charge is 0.308 e. The van der Waals surface area contributed by atoms with Crippen LogP contribution in [0.1, 0.15) is 64.5 Å². The fourth-order valence-electron chi connectivity index (χ4n) is 3.17. The quantitative estimate of drug-likeness (QED) is 0.792. The third kappa shape index (κ3) is 4.34.